The maximum atomic E-state index is 11.4. The molecule has 2 N–H and O–H groups in total. The molecule has 0 bridgehead atoms. The van der Waals surface area contributed by atoms with Crippen molar-refractivity contribution in [1.82, 2.24) is 10.6 Å². The minimum atomic E-state index is -0.188. The molecule has 2 amide bonds. The van der Waals surface area contributed by atoms with Crippen LogP contribution in [0, 0.1) is 6.92 Å². The van der Waals surface area contributed by atoms with Gasteiger partial charge in [0, 0.05) is 12.8 Å². The summed E-state index contributed by atoms with van der Waals surface area (Å²) in [4.78, 5) is 22.3. The van der Waals surface area contributed by atoms with Gasteiger partial charge in [-0.15, -0.1) is 11.8 Å². The predicted octanol–water partition coefficient (Wildman–Crippen LogP) is 1.09. The molecular formula is C13H18N2O2S. The maximum absolute atomic E-state index is 11.4. The van der Waals surface area contributed by atoms with Gasteiger partial charge in [0.05, 0.1) is 12.3 Å². The maximum Gasteiger partial charge on any atom is 0.239 e. The Morgan fingerprint density at radius 3 is 2.44 bits per heavy atom. The van der Waals surface area contributed by atoms with Gasteiger partial charge in [-0.1, -0.05) is 29.8 Å². The van der Waals surface area contributed by atoms with Crippen molar-refractivity contribution in [3.63, 3.8) is 0 Å². The Balaban J connectivity index is 2.19. The average Bonchev–Trinajstić information content (AvgIpc) is 2.38. The summed E-state index contributed by atoms with van der Waals surface area (Å²) in [7, 11) is 1.54. The predicted molar refractivity (Wildman–Crippen MR) is 74.4 cm³/mol. The van der Waals surface area contributed by atoms with Crippen molar-refractivity contribution in [2.45, 2.75) is 12.7 Å². The van der Waals surface area contributed by atoms with Gasteiger partial charge in [0.25, 0.3) is 0 Å². The number of hydrogen-bond acceptors (Lipinski definition) is 3. The molecule has 18 heavy (non-hydrogen) atoms. The summed E-state index contributed by atoms with van der Waals surface area (Å²) < 4.78 is 0. The fourth-order valence-corrected chi connectivity index (χ4v) is 2.08. The molecule has 0 heterocycles. The molecule has 0 aliphatic carbocycles. The van der Waals surface area contributed by atoms with Crippen molar-refractivity contribution < 1.29 is 9.59 Å². The highest BCUT2D eigenvalue weighted by atomic mass is 32.2. The molecule has 1 aromatic rings. The monoisotopic (exact) mass is 266 g/mol. The lowest BCUT2D eigenvalue weighted by atomic mass is 10.2. The summed E-state index contributed by atoms with van der Waals surface area (Å²) in [5.41, 5.74) is 2.43. The Morgan fingerprint density at radius 2 is 1.83 bits per heavy atom. The first-order valence-electron chi connectivity index (χ1n) is 5.72. The normalized spacial score (nSPS) is 9.89. The third-order valence-corrected chi connectivity index (χ3v) is 3.35. The smallest absolute Gasteiger partial charge is 0.239 e. The van der Waals surface area contributed by atoms with E-state index in [9.17, 15) is 9.59 Å². The third kappa shape index (κ3) is 5.72. The number of aryl methyl sites for hydroxylation is 1. The molecule has 0 aromatic heterocycles. The van der Waals surface area contributed by atoms with Crippen LogP contribution in [0.5, 0.6) is 0 Å². The summed E-state index contributed by atoms with van der Waals surface area (Å²) >= 11 is 1.54. The fourth-order valence-electron chi connectivity index (χ4n) is 1.26. The first kappa shape index (κ1) is 14.6. The number of benzene rings is 1. The Morgan fingerprint density at radius 1 is 1.17 bits per heavy atom. The zero-order valence-electron chi connectivity index (χ0n) is 10.7. The van der Waals surface area contributed by atoms with Crippen molar-refractivity contribution in [3.8, 4) is 0 Å². The van der Waals surface area contributed by atoms with E-state index in [0.717, 1.165) is 5.75 Å². The van der Waals surface area contributed by atoms with Crippen molar-refractivity contribution in [3.05, 3.63) is 35.4 Å². The zero-order valence-corrected chi connectivity index (χ0v) is 11.5. The number of amides is 2. The van der Waals surface area contributed by atoms with Gasteiger partial charge in [0.15, 0.2) is 0 Å². The topological polar surface area (TPSA) is 58.2 Å². The molecule has 0 aliphatic rings. The fraction of sp³-hybridized carbons (Fsp3) is 0.385. The van der Waals surface area contributed by atoms with Crippen LogP contribution >= 0.6 is 11.8 Å². The van der Waals surface area contributed by atoms with Gasteiger partial charge in [-0.3, -0.25) is 9.59 Å². The molecule has 0 radical (unpaired) electrons. The van der Waals surface area contributed by atoms with Gasteiger partial charge in [-0.05, 0) is 12.5 Å². The summed E-state index contributed by atoms with van der Waals surface area (Å²) in [6, 6.07) is 8.23. The van der Waals surface area contributed by atoms with Gasteiger partial charge in [0.2, 0.25) is 11.8 Å². The van der Waals surface area contributed by atoms with Crippen LogP contribution in [-0.4, -0.2) is 31.2 Å². The molecule has 0 saturated carbocycles. The molecule has 0 aliphatic heterocycles. The van der Waals surface area contributed by atoms with Crippen LogP contribution in [0.15, 0.2) is 24.3 Å². The lowest BCUT2D eigenvalue weighted by Crippen LogP contribution is -2.36. The van der Waals surface area contributed by atoms with E-state index in [-0.39, 0.29) is 18.4 Å². The van der Waals surface area contributed by atoms with E-state index in [1.165, 1.54) is 22.9 Å². The van der Waals surface area contributed by atoms with Crippen LogP contribution < -0.4 is 10.6 Å². The van der Waals surface area contributed by atoms with Gasteiger partial charge in [-0.25, -0.2) is 0 Å². The first-order valence-corrected chi connectivity index (χ1v) is 6.88. The number of likely N-dealkylation sites (N-methyl/N-ethyl adjacent to an activating group) is 1. The Bertz CT molecular complexity index is 404. The van der Waals surface area contributed by atoms with Crippen LogP contribution in [0.3, 0.4) is 0 Å². The standard InChI is InChI=1S/C13H18N2O2S/c1-10-3-5-11(6-4-10)8-18-9-13(17)15-7-12(16)14-2/h3-6H,7-9H2,1-2H3,(H,14,16)(H,15,17). The third-order valence-electron chi connectivity index (χ3n) is 2.35. The summed E-state index contributed by atoms with van der Waals surface area (Å²) in [5, 5.41) is 5.00. The molecule has 0 spiro atoms. The van der Waals surface area contributed by atoms with Crippen molar-refractivity contribution in [1.29, 1.82) is 0 Å². The quantitative estimate of drug-likeness (QED) is 0.810. The lowest BCUT2D eigenvalue weighted by molar-refractivity contribution is -0.124. The second-order valence-electron chi connectivity index (χ2n) is 3.93. The SMILES string of the molecule is CNC(=O)CNC(=O)CSCc1ccc(C)cc1. The highest BCUT2D eigenvalue weighted by Crippen LogP contribution is 2.12. The largest absolute Gasteiger partial charge is 0.358 e. The summed E-state index contributed by atoms with van der Waals surface area (Å²) in [6.07, 6.45) is 0. The van der Waals surface area contributed by atoms with Crippen LogP contribution in [0.4, 0.5) is 0 Å². The highest BCUT2D eigenvalue weighted by Gasteiger charge is 2.04. The van der Waals surface area contributed by atoms with E-state index in [4.69, 9.17) is 0 Å². The number of carbonyl (C=O) groups is 2. The minimum Gasteiger partial charge on any atom is -0.358 e. The van der Waals surface area contributed by atoms with Crippen LogP contribution in [0.2, 0.25) is 0 Å². The molecule has 5 heteroatoms. The average molecular weight is 266 g/mol. The molecule has 1 rings (SSSR count). The van der Waals surface area contributed by atoms with E-state index in [2.05, 4.69) is 34.9 Å². The number of thioether (sulfide) groups is 1. The van der Waals surface area contributed by atoms with Crippen molar-refractivity contribution >= 4 is 23.6 Å². The van der Waals surface area contributed by atoms with Crippen LogP contribution in [0.25, 0.3) is 0 Å². The summed E-state index contributed by atoms with van der Waals surface area (Å²) in [5.74, 6) is 0.862. The molecular weight excluding hydrogens is 248 g/mol. The van der Waals surface area contributed by atoms with Gasteiger partial charge >= 0.3 is 0 Å². The Labute approximate surface area is 112 Å². The molecule has 0 saturated heterocycles. The number of carbonyl (C=O) groups excluding carboxylic acids is 2. The summed E-state index contributed by atoms with van der Waals surface area (Å²) in [6.45, 7) is 2.09. The van der Waals surface area contributed by atoms with Crippen LogP contribution in [0.1, 0.15) is 11.1 Å². The Kier molecular flexibility index (Phi) is 6.28. The molecule has 1 aromatic carbocycles. The van der Waals surface area contributed by atoms with E-state index in [1.54, 1.807) is 7.05 Å². The highest BCUT2D eigenvalue weighted by molar-refractivity contribution is 7.99. The minimum absolute atomic E-state index is 0.0421. The molecule has 0 unspecified atom stereocenters. The first-order chi connectivity index (χ1) is 8.61. The van der Waals surface area contributed by atoms with Gasteiger partial charge in [0.1, 0.15) is 0 Å². The number of rotatable bonds is 6. The van der Waals surface area contributed by atoms with E-state index >= 15 is 0 Å². The van der Waals surface area contributed by atoms with Crippen molar-refractivity contribution in [2.24, 2.45) is 0 Å². The molecule has 0 fully saturated rings. The van der Waals surface area contributed by atoms with Gasteiger partial charge < -0.3 is 10.6 Å². The van der Waals surface area contributed by atoms with Crippen LogP contribution in [-0.2, 0) is 15.3 Å². The van der Waals surface area contributed by atoms with E-state index in [0.29, 0.717) is 5.75 Å². The van der Waals surface area contributed by atoms with E-state index in [1.807, 2.05) is 6.92 Å². The molecule has 98 valence electrons. The van der Waals surface area contributed by atoms with Gasteiger partial charge in [-0.2, -0.15) is 0 Å². The number of nitrogens with one attached hydrogen (secondary N) is 2. The lowest BCUT2D eigenvalue weighted by Gasteiger charge is -2.04. The van der Waals surface area contributed by atoms with Crippen molar-refractivity contribution in [2.75, 3.05) is 19.3 Å². The zero-order chi connectivity index (χ0) is 13.4. The van der Waals surface area contributed by atoms with E-state index < -0.39 is 0 Å². The second-order valence-corrected chi connectivity index (χ2v) is 4.91. The second kappa shape index (κ2) is 7.76. The molecule has 0 atom stereocenters. The number of hydrogen-bond donors (Lipinski definition) is 2. The molecule has 4 nitrogen and oxygen atoms in total. The Hall–Kier alpha value is -1.49.